The Labute approximate surface area is 111 Å². The van der Waals surface area contributed by atoms with Gasteiger partial charge in [0.15, 0.2) is 0 Å². The predicted molar refractivity (Wildman–Crippen MR) is 62.5 cm³/mol. The van der Waals surface area contributed by atoms with E-state index in [9.17, 15) is 23.3 Å². The quantitative estimate of drug-likeness (QED) is 0.365. The molecule has 1 aromatic rings. The van der Waals surface area contributed by atoms with Gasteiger partial charge in [-0.1, -0.05) is 11.6 Å². The number of hydrogen-bond acceptors (Lipinski definition) is 6. The molecule has 0 aliphatic rings. The largest absolute Gasteiger partial charge is 0.465 e. The molecule has 0 saturated carbocycles. The van der Waals surface area contributed by atoms with Crippen LogP contribution >= 0.6 is 22.3 Å². The fourth-order valence-electron chi connectivity index (χ4n) is 1.12. The molecule has 7 nitrogen and oxygen atoms in total. The van der Waals surface area contributed by atoms with Crippen molar-refractivity contribution in [1.29, 1.82) is 0 Å². The zero-order valence-corrected chi connectivity index (χ0v) is 11.0. The summed E-state index contributed by atoms with van der Waals surface area (Å²) < 4.78 is 26.7. The number of halogens is 2. The Hall–Kier alpha value is -1.38. The van der Waals surface area contributed by atoms with Crippen LogP contribution in [-0.2, 0) is 13.8 Å². The molecule has 0 bridgehead atoms. The number of hydrogen-bond donors (Lipinski definition) is 0. The monoisotopic (exact) mass is 313 g/mol. The van der Waals surface area contributed by atoms with Crippen molar-refractivity contribution in [2.45, 2.75) is 4.90 Å². The molecule has 0 unspecified atom stereocenters. The van der Waals surface area contributed by atoms with Crippen LogP contribution in [-0.4, -0.2) is 26.4 Å². The highest BCUT2D eigenvalue weighted by atomic mass is 35.7. The van der Waals surface area contributed by atoms with Gasteiger partial charge in [0, 0.05) is 22.8 Å². The lowest BCUT2D eigenvalue weighted by atomic mass is 10.2. The van der Waals surface area contributed by atoms with Gasteiger partial charge >= 0.3 is 5.97 Å². The van der Waals surface area contributed by atoms with E-state index < -0.39 is 41.1 Å². The van der Waals surface area contributed by atoms with Gasteiger partial charge in [0.25, 0.3) is 14.7 Å². The predicted octanol–water partition coefficient (Wildman–Crippen LogP) is 1.96. The van der Waals surface area contributed by atoms with Gasteiger partial charge in [-0.25, -0.2) is 13.2 Å². The molecular formula is C8H5Cl2NO6S. The fraction of sp³-hybridized carbons (Fsp3) is 0.125. The maximum absolute atomic E-state index is 11.3. The van der Waals surface area contributed by atoms with Gasteiger partial charge in [0.1, 0.15) is 4.90 Å². The normalized spacial score (nSPS) is 11.1. The number of non-ortho nitro benzene ring substituents is 1. The molecular weight excluding hydrogens is 309 g/mol. The summed E-state index contributed by atoms with van der Waals surface area (Å²) in [5, 5.41) is 10.1. The van der Waals surface area contributed by atoms with Gasteiger partial charge in [-0.15, -0.1) is 0 Å². The van der Waals surface area contributed by atoms with Crippen molar-refractivity contribution < 1.29 is 22.9 Å². The van der Waals surface area contributed by atoms with E-state index in [4.69, 9.17) is 22.3 Å². The third-order valence-corrected chi connectivity index (χ3v) is 3.77. The number of benzene rings is 1. The molecule has 0 spiro atoms. The SMILES string of the molecule is COC(=O)c1cc([N+](=O)[O-])cc(S(=O)(=O)Cl)c1Cl. The van der Waals surface area contributed by atoms with Crippen molar-refractivity contribution >= 4 is 43.0 Å². The Morgan fingerprint density at radius 3 is 2.39 bits per heavy atom. The number of nitro benzene ring substituents is 1. The third kappa shape index (κ3) is 2.89. The Kier molecular flexibility index (Phi) is 4.15. The summed E-state index contributed by atoms with van der Waals surface area (Å²) in [6.07, 6.45) is 0. The van der Waals surface area contributed by atoms with E-state index in [1.807, 2.05) is 0 Å². The molecule has 0 aliphatic heterocycles. The van der Waals surface area contributed by atoms with Crippen LogP contribution in [0.1, 0.15) is 10.4 Å². The molecule has 0 atom stereocenters. The minimum atomic E-state index is -4.33. The van der Waals surface area contributed by atoms with Crippen LogP contribution in [0.2, 0.25) is 5.02 Å². The zero-order chi connectivity index (χ0) is 14.1. The Bertz CT molecular complexity index is 627. The molecule has 0 aliphatic carbocycles. The number of nitro groups is 1. The van der Waals surface area contributed by atoms with Gasteiger partial charge in [-0.3, -0.25) is 10.1 Å². The molecule has 18 heavy (non-hydrogen) atoms. The number of carbonyl (C=O) groups excluding carboxylic acids is 1. The van der Waals surface area contributed by atoms with Crippen molar-refractivity contribution in [2.24, 2.45) is 0 Å². The lowest BCUT2D eigenvalue weighted by Crippen LogP contribution is -2.06. The van der Waals surface area contributed by atoms with E-state index >= 15 is 0 Å². The molecule has 0 radical (unpaired) electrons. The second kappa shape index (κ2) is 5.09. The minimum absolute atomic E-state index is 0.451. The Balaban J connectivity index is 3.69. The molecule has 0 heterocycles. The maximum atomic E-state index is 11.3. The highest BCUT2D eigenvalue weighted by molar-refractivity contribution is 8.13. The van der Waals surface area contributed by atoms with Gasteiger partial charge in [0.2, 0.25) is 0 Å². The second-order valence-electron chi connectivity index (χ2n) is 2.99. The van der Waals surface area contributed by atoms with Crippen LogP contribution in [0.4, 0.5) is 5.69 Å². The minimum Gasteiger partial charge on any atom is -0.465 e. The number of methoxy groups -OCH3 is 1. The molecule has 1 aromatic carbocycles. The van der Waals surface area contributed by atoms with Crippen LogP contribution in [0.15, 0.2) is 17.0 Å². The van der Waals surface area contributed by atoms with E-state index in [1.165, 1.54) is 0 Å². The summed E-state index contributed by atoms with van der Waals surface area (Å²) in [6, 6.07) is 1.47. The van der Waals surface area contributed by atoms with E-state index in [2.05, 4.69) is 4.74 Å². The average Bonchev–Trinajstić information content (AvgIpc) is 2.26. The molecule has 1 rings (SSSR count). The number of carbonyl (C=O) groups is 1. The van der Waals surface area contributed by atoms with E-state index in [0.717, 1.165) is 13.2 Å². The molecule has 98 valence electrons. The van der Waals surface area contributed by atoms with Crippen molar-refractivity contribution in [3.8, 4) is 0 Å². The average molecular weight is 314 g/mol. The number of nitrogens with zero attached hydrogens (tertiary/aromatic N) is 1. The van der Waals surface area contributed by atoms with E-state index in [-0.39, 0.29) is 0 Å². The first-order valence-corrected chi connectivity index (χ1v) is 6.88. The topological polar surface area (TPSA) is 104 Å². The summed E-state index contributed by atoms with van der Waals surface area (Å²) in [4.78, 5) is 20.3. The van der Waals surface area contributed by atoms with Crippen LogP contribution < -0.4 is 0 Å². The molecule has 0 saturated heterocycles. The van der Waals surface area contributed by atoms with Crippen molar-refractivity contribution in [2.75, 3.05) is 7.11 Å². The lowest BCUT2D eigenvalue weighted by molar-refractivity contribution is -0.385. The Morgan fingerprint density at radius 2 is 2.00 bits per heavy atom. The molecule has 0 N–H and O–H groups in total. The van der Waals surface area contributed by atoms with Gasteiger partial charge < -0.3 is 4.74 Å². The zero-order valence-electron chi connectivity index (χ0n) is 8.72. The first-order valence-electron chi connectivity index (χ1n) is 4.19. The third-order valence-electron chi connectivity index (χ3n) is 1.90. The summed E-state index contributed by atoms with van der Waals surface area (Å²) in [5.74, 6) is -1.01. The van der Waals surface area contributed by atoms with E-state index in [1.54, 1.807) is 0 Å². The van der Waals surface area contributed by atoms with Crippen molar-refractivity contribution in [3.63, 3.8) is 0 Å². The first-order chi connectivity index (χ1) is 8.18. The fourth-order valence-corrected chi connectivity index (χ4v) is 2.68. The smallest absolute Gasteiger partial charge is 0.339 e. The van der Waals surface area contributed by atoms with Gasteiger partial charge in [-0.05, 0) is 0 Å². The van der Waals surface area contributed by atoms with Crippen molar-refractivity contribution in [3.05, 3.63) is 32.8 Å². The highest BCUT2D eigenvalue weighted by Gasteiger charge is 2.26. The maximum Gasteiger partial charge on any atom is 0.339 e. The van der Waals surface area contributed by atoms with Crippen LogP contribution in [0.25, 0.3) is 0 Å². The van der Waals surface area contributed by atoms with Gasteiger partial charge in [0.05, 0.1) is 22.6 Å². The number of rotatable bonds is 3. The standard InChI is InChI=1S/C8H5Cl2NO6S/c1-17-8(12)5-2-4(11(13)14)3-6(7(5)9)18(10,15)16/h2-3H,1H3. The first kappa shape index (κ1) is 14.7. The lowest BCUT2D eigenvalue weighted by Gasteiger charge is -2.06. The summed E-state index contributed by atoms with van der Waals surface area (Å²) in [7, 11) is 1.77. The van der Waals surface area contributed by atoms with Crippen molar-refractivity contribution in [1.82, 2.24) is 0 Å². The number of esters is 1. The van der Waals surface area contributed by atoms with Crippen LogP contribution in [0.3, 0.4) is 0 Å². The van der Waals surface area contributed by atoms with Gasteiger partial charge in [-0.2, -0.15) is 0 Å². The molecule has 0 fully saturated rings. The summed E-state index contributed by atoms with van der Waals surface area (Å²) >= 11 is 5.66. The summed E-state index contributed by atoms with van der Waals surface area (Å²) in [6.45, 7) is 0. The molecule has 10 heteroatoms. The van der Waals surface area contributed by atoms with Crippen LogP contribution in [0, 0.1) is 10.1 Å². The highest BCUT2D eigenvalue weighted by Crippen LogP contribution is 2.32. The Morgan fingerprint density at radius 1 is 1.44 bits per heavy atom. The molecule has 0 aromatic heterocycles. The second-order valence-corrected chi connectivity index (χ2v) is 5.90. The summed E-state index contributed by atoms with van der Waals surface area (Å²) in [5.41, 5.74) is -1.09. The van der Waals surface area contributed by atoms with E-state index in [0.29, 0.717) is 6.07 Å². The van der Waals surface area contributed by atoms with Crippen LogP contribution in [0.5, 0.6) is 0 Å². The molecule has 0 amide bonds. The number of ether oxygens (including phenoxy) is 1.